The lowest BCUT2D eigenvalue weighted by molar-refractivity contribution is 0.526. The van der Waals surface area contributed by atoms with Gasteiger partial charge >= 0.3 is 0 Å². The van der Waals surface area contributed by atoms with Crippen LogP contribution in [-0.4, -0.2) is 17.0 Å². The van der Waals surface area contributed by atoms with Gasteiger partial charge in [-0.25, -0.2) is 0 Å². The number of rotatable bonds is 9. The van der Waals surface area contributed by atoms with Crippen molar-refractivity contribution >= 4 is 11.8 Å². The lowest BCUT2D eigenvalue weighted by Gasteiger charge is -2.27. The minimum atomic E-state index is 0.458. The van der Waals surface area contributed by atoms with E-state index in [0.29, 0.717) is 11.3 Å². The van der Waals surface area contributed by atoms with Crippen molar-refractivity contribution < 1.29 is 0 Å². The van der Waals surface area contributed by atoms with Gasteiger partial charge in [-0.1, -0.05) is 58.9 Å². The molecule has 0 saturated carbocycles. The maximum atomic E-state index is 3.73. The van der Waals surface area contributed by atoms with Crippen LogP contribution < -0.4 is 5.32 Å². The van der Waals surface area contributed by atoms with Gasteiger partial charge in [0.1, 0.15) is 0 Å². The zero-order chi connectivity index (χ0) is 15.0. The summed E-state index contributed by atoms with van der Waals surface area (Å²) in [5.41, 5.74) is 2.85. The largest absolute Gasteiger partial charge is 0.309 e. The predicted molar refractivity (Wildman–Crippen MR) is 93.7 cm³/mol. The van der Waals surface area contributed by atoms with Crippen LogP contribution in [0.25, 0.3) is 0 Å². The second-order valence-electron chi connectivity index (χ2n) is 5.59. The number of nitrogens with one attached hydrogen (secondary N) is 1. The van der Waals surface area contributed by atoms with Crippen LogP contribution in [0.15, 0.2) is 24.3 Å². The van der Waals surface area contributed by atoms with Crippen LogP contribution in [-0.2, 0) is 6.42 Å². The summed E-state index contributed by atoms with van der Waals surface area (Å²) in [4.78, 5) is 0. The SMILES string of the molecule is CCCNC(c1ccc(CC)cc1)C(C)SC(C)CC. The Hall–Kier alpha value is -0.470. The minimum absolute atomic E-state index is 0.458. The van der Waals surface area contributed by atoms with E-state index in [1.807, 2.05) is 0 Å². The Balaban J connectivity index is 2.80. The Kier molecular flexibility index (Phi) is 8.32. The predicted octanol–water partition coefficient (Wildman–Crippen LogP) is 5.21. The second kappa shape index (κ2) is 9.46. The molecule has 1 nitrogen and oxygen atoms in total. The summed E-state index contributed by atoms with van der Waals surface area (Å²) in [6, 6.07) is 9.62. The molecular formula is C18H31NS. The molecule has 2 heteroatoms. The average molecular weight is 294 g/mol. The summed E-state index contributed by atoms with van der Waals surface area (Å²) in [6.07, 6.45) is 3.54. The maximum absolute atomic E-state index is 3.73. The summed E-state index contributed by atoms with van der Waals surface area (Å²) >= 11 is 2.10. The van der Waals surface area contributed by atoms with Gasteiger partial charge in [-0.15, -0.1) is 0 Å². The number of hydrogen-bond acceptors (Lipinski definition) is 2. The first kappa shape index (κ1) is 17.6. The van der Waals surface area contributed by atoms with Crippen LogP contribution in [0.4, 0.5) is 0 Å². The van der Waals surface area contributed by atoms with Gasteiger partial charge in [0, 0.05) is 16.5 Å². The van der Waals surface area contributed by atoms with Crippen LogP contribution in [0, 0.1) is 0 Å². The Bertz CT molecular complexity index is 360. The fourth-order valence-corrected chi connectivity index (χ4v) is 3.69. The molecule has 3 unspecified atom stereocenters. The number of thioether (sulfide) groups is 1. The third-order valence-electron chi connectivity index (χ3n) is 3.85. The molecule has 0 radical (unpaired) electrons. The van der Waals surface area contributed by atoms with Gasteiger partial charge in [-0.3, -0.25) is 0 Å². The Morgan fingerprint density at radius 1 is 1.05 bits per heavy atom. The maximum Gasteiger partial charge on any atom is 0.0438 e. The summed E-state index contributed by atoms with van der Waals surface area (Å²) in [7, 11) is 0. The topological polar surface area (TPSA) is 12.0 Å². The standard InChI is InChI=1S/C18H31NS/c1-6-13-19-18(15(5)20-14(4)7-2)17-11-9-16(8-3)10-12-17/h9-12,14-15,18-19H,6-8,13H2,1-5H3. The first-order chi connectivity index (χ1) is 9.62. The fraction of sp³-hybridized carbons (Fsp3) is 0.667. The zero-order valence-corrected chi connectivity index (χ0v) is 14.6. The molecule has 1 aromatic carbocycles. The molecule has 0 spiro atoms. The van der Waals surface area contributed by atoms with E-state index >= 15 is 0 Å². The van der Waals surface area contributed by atoms with E-state index in [1.54, 1.807) is 0 Å². The van der Waals surface area contributed by atoms with Gasteiger partial charge in [-0.05, 0) is 36.9 Å². The van der Waals surface area contributed by atoms with Crippen molar-refractivity contribution in [1.29, 1.82) is 0 Å². The highest BCUT2D eigenvalue weighted by atomic mass is 32.2. The second-order valence-corrected chi connectivity index (χ2v) is 7.41. The Labute approximate surface area is 129 Å². The summed E-state index contributed by atoms with van der Waals surface area (Å²) in [6.45, 7) is 12.5. The average Bonchev–Trinajstić information content (AvgIpc) is 2.48. The zero-order valence-electron chi connectivity index (χ0n) is 13.8. The van der Waals surface area contributed by atoms with Crippen molar-refractivity contribution in [1.82, 2.24) is 5.32 Å². The molecule has 0 aliphatic carbocycles. The normalized spacial score (nSPS) is 15.8. The van der Waals surface area contributed by atoms with Crippen LogP contribution in [0.1, 0.15) is 64.6 Å². The van der Waals surface area contributed by atoms with Crippen LogP contribution in [0.5, 0.6) is 0 Å². The molecule has 20 heavy (non-hydrogen) atoms. The quantitative estimate of drug-likeness (QED) is 0.671. The first-order valence-electron chi connectivity index (χ1n) is 8.09. The summed E-state index contributed by atoms with van der Waals surface area (Å²) < 4.78 is 0. The van der Waals surface area contributed by atoms with E-state index in [4.69, 9.17) is 0 Å². The monoisotopic (exact) mass is 293 g/mol. The van der Waals surface area contributed by atoms with Gasteiger partial charge in [0.25, 0.3) is 0 Å². The van der Waals surface area contributed by atoms with Crippen molar-refractivity contribution in [2.75, 3.05) is 6.54 Å². The first-order valence-corrected chi connectivity index (χ1v) is 9.04. The van der Waals surface area contributed by atoms with Crippen LogP contribution >= 0.6 is 11.8 Å². The van der Waals surface area contributed by atoms with Gasteiger partial charge in [0.05, 0.1) is 0 Å². The Morgan fingerprint density at radius 3 is 2.20 bits per heavy atom. The molecule has 3 atom stereocenters. The number of hydrogen-bond donors (Lipinski definition) is 1. The van der Waals surface area contributed by atoms with E-state index in [-0.39, 0.29) is 0 Å². The molecule has 0 heterocycles. The van der Waals surface area contributed by atoms with Crippen molar-refractivity contribution in [2.24, 2.45) is 0 Å². The van der Waals surface area contributed by atoms with Crippen molar-refractivity contribution in [3.63, 3.8) is 0 Å². The molecule has 0 fully saturated rings. The van der Waals surface area contributed by atoms with Gasteiger partial charge in [-0.2, -0.15) is 11.8 Å². The molecule has 0 aliphatic rings. The third kappa shape index (κ3) is 5.49. The molecule has 1 aromatic rings. The Morgan fingerprint density at radius 2 is 1.70 bits per heavy atom. The highest BCUT2D eigenvalue weighted by molar-refractivity contribution is 8.00. The molecule has 1 N–H and O–H groups in total. The molecule has 0 aromatic heterocycles. The molecule has 0 saturated heterocycles. The highest BCUT2D eigenvalue weighted by Crippen LogP contribution is 2.30. The highest BCUT2D eigenvalue weighted by Gasteiger charge is 2.20. The smallest absolute Gasteiger partial charge is 0.0438 e. The molecule has 1 rings (SSSR count). The molecule has 114 valence electrons. The third-order valence-corrected chi connectivity index (χ3v) is 5.35. The van der Waals surface area contributed by atoms with E-state index < -0.39 is 0 Å². The van der Waals surface area contributed by atoms with E-state index in [9.17, 15) is 0 Å². The number of benzene rings is 1. The molecule has 0 aliphatic heterocycles. The van der Waals surface area contributed by atoms with E-state index in [1.165, 1.54) is 24.0 Å². The molecule has 0 amide bonds. The number of aryl methyl sites for hydroxylation is 1. The van der Waals surface area contributed by atoms with Crippen LogP contribution in [0.2, 0.25) is 0 Å². The van der Waals surface area contributed by atoms with Crippen molar-refractivity contribution in [3.05, 3.63) is 35.4 Å². The van der Waals surface area contributed by atoms with Crippen LogP contribution in [0.3, 0.4) is 0 Å². The lowest BCUT2D eigenvalue weighted by Crippen LogP contribution is -2.30. The van der Waals surface area contributed by atoms with Gasteiger partial charge < -0.3 is 5.32 Å². The summed E-state index contributed by atoms with van der Waals surface area (Å²) in [5.74, 6) is 0. The van der Waals surface area contributed by atoms with Crippen molar-refractivity contribution in [2.45, 2.75) is 70.4 Å². The summed E-state index contributed by atoms with van der Waals surface area (Å²) in [5, 5.41) is 5.06. The van der Waals surface area contributed by atoms with Gasteiger partial charge in [0.15, 0.2) is 0 Å². The molecular weight excluding hydrogens is 262 g/mol. The van der Waals surface area contributed by atoms with E-state index in [2.05, 4.69) is 76.0 Å². The van der Waals surface area contributed by atoms with E-state index in [0.717, 1.165) is 18.2 Å². The minimum Gasteiger partial charge on any atom is -0.309 e. The lowest BCUT2D eigenvalue weighted by atomic mass is 10.0. The fourth-order valence-electron chi connectivity index (χ4n) is 2.36. The van der Waals surface area contributed by atoms with Gasteiger partial charge in [0.2, 0.25) is 0 Å². The molecule has 0 bridgehead atoms. The van der Waals surface area contributed by atoms with Crippen molar-refractivity contribution in [3.8, 4) is 0 Å².